The second-order valence-electron chi connectivity index (χ2n) is 8.22. The quantitative estimate of drug-likeness (QED) is 0.0643. The number of methoxy groups -OCH3 is 1. The molecule has 0 unspecified atom stereocenters. The SMILES string of the molecule is C#CCOc1c(I)cc(/C=N\N[C@H](O)COc2ccc([C@H]3NC(=O)NC(C)=C3C(=O)OC)cc2OCC)cc1I. The van der Waals surface area contributed by atoms with Crippen LogP contribution in [0.1, 0.15) is 31.0 Å². The van der Waals surface area contributed by atoms with Crippen LogP contribution in [0.3, 0.4) is 0 Å². The Bertz CT molecular complexity index is 1330. The largest absolute Gasteiger partial charge is 0.490 e. The Morgan fingerprint density at radius 1 is 1.23 bits per heavy atom. The van der Waals surface area contributed by atoms with E-state index in [1.54, 1.807) is 31.3 Å². The molecule has 4 N–H and O–H groups in total. The van der Waals surface area contributed by atoms with Crippen LogP contribution in [0.2, 0.25) is 0 Å². The van der Waals surface area contributed by atoms with Crippen molar-refractivity contribution in [1.82, 2.24) is 16.1 Å². The summed E-state index contributed by atoms with van der Waals surface area (Å²) in [6.07, 6.45) is 5.72. The molecule has 0 aliphatic carbocycles. The Kier molecular flexibility index (Phi) is 11.7. The number of nitrogens with one attached hydrogen (secondary N) is 3. The van der Waals surface area contributed by atoms with Crippen molar-refractivity contribution in [3.63, 3.8) is 0 Å². The zero-order chi connectivity index (χ0) is 29.2. The van der Waals surface area contributed by atoms with E-state index in [2.05, 4.69) is 72.3 Å². The summed E-state index contributed by atoms with van der Waals surface area (Å²) < 4.78 is 23.7. The van der Waals surface area contributed by atoms with E-state index in [4.69, 9.17) is 25.4 Å². The van der Waals surface area contributed by atoms with Gasteiger partial charge in [0.25, 0.3) is 0 Å². The first-order chi connectivity index (χ1) is 19.2. The van der Waals surface area contributed by atoms with Gasteiger partial charge in [-0.3, -0.25) is 5.43 Å². The van der Waals surface area contributed by atoms with E-state index in [-0.39, 0.29) is 18.8 Å². The number of urea groups is 1. The molecule has 1 heterocycles. The number of nitrogens with zero attached hydrogens (tertiary/aromatic N) is 1. The number of terminal acetylenes is 1. The number of benzene rings is 2. The van der Waals surface area contributed by atoms with E-state index in [1.807, 2.05) is 19.1 Å². The molecule has 0 aromatic heterocycles. The number of ether oxygens (including phenoxy) is 4. The maximum absolute atomic E-state index is 12.4. The number of carbonyl (C=O) groups excluding carboxylic acids is 2. The molecular formula is C27H28I2N4O7. The minimum atomic E-state index is -1.12. The van der Waals surface area contributed by atoms with Gasteiger partial charge in [0.1, 0.15) is 19.0 Å². The van der Waals surface area contributed by atoms with Gasteiger partial charge in [0.15, 0.2) is 17.7 Å². The molecule has 2 amide bonds. The Morgan fingerprint density at radius 2 is 1.95 bits per heavy atom. The minimum absolute atomic E-state index is 0.138. The number of allylic oxidation sites excluding steroid dienone is 1. The van der Waals surface area contributed by atoms with Crippen LogP contribution in [0.5, 0.6) is 17.2 Å². The first-order valence-corrected chi connectivity index (χ1v) is 14.1. The van der Waals surface area contributed by atoms with Gasteiger partial charge in [0.2, 0.25) is 0 Å². The van der Waals surface area contributed by atoms with E-state index in [9.17, 15) is 14.7 Å². The summed E-state index contributed by atoms with van der Waals surface area (Å²) in [7, 11) is 1.27. The van der Waals surface area contributed by atoms with Gasteiger partial charge in [-0.25, -0.2) is 9.59 Å². The van der Waals surface area contributed by atoms with Crippen LogP contribution >= 0.6 is 45.2 Å². The lowest BCUT2D eigenvalue weighted by atomic mass is 9.95. The third-order valence-corrected chi connectivity index (χ3v) is 7.03. The second-order valence-corrected chi connectivity index (χ2v) is 10.5. The molecule has 2 aromatic carbocycles. The number of rotatable bonds is 12. The summed E-state index contributed by atoms with van der Waals surface area (Å²) in [5.41, 5.74) is 4.68. The second kappa shape index (κ2) is 15.0. The average Bonchev–Trinajstić information content (AvgIpc) is 2.91. The van der Waals surface area contributed by atoms with Crippen LogP contribution in [0.25, 0.3) is 0 Å². The number of amides is 2. The topological polar surface area (TPSA) is 140 Å². The van der Waals surface area contributed by atoms with Crippen LogP contribution in [0.4, 0.5) is 4.79 Å². The Morgan fingerprint density at radius 3 is 2.60 bits per heavy atom. The molecule has 1 aliphatic rings. The van der Waals surface area contributed by atoms with Gasteiger partial charge in [-0.15, -0.1) is 6.42 Å². The Hall–Kier alpha value is -3.23. The number of esters is 1. The average molecular weight is 774 g/mol. The highest BCUT2D eigenvalue weighted by Gasteiger charge is 2.32. The summed E-state index contributed by atoms with van der Waals surface area (Å²) in [5.74, 6) is 3.33. The lowest BCUT2D eigenvalue weighted by Crippen LogP contribution is -2.45. The molecule has 0 bridgehead atoms. The predicted octanol–water partition coefficient (Wildman–Crippen LogP) is 3.43. The lowest BCUT2D eigenvalue weighted by molar-refractivity contribution is -0.136. The number of carbonyl (C=O) groups is 2. The van der Waals surface area contributed by atoms with Crippen molar-refractivity contribution < 1.29 is 33.6 Å². The van der Waals surface area contributed by atoms with Crippen LogP contribution < -0.4 is 30.3 Å². The summed E-state index contributed by atoms with van der Waals surface area (Å²) in [6, 6.07) is 7.58. The van der Waals surface area contributed by atoms with Crippen LogP contribution in [0.15, 0.2) is 46.7 Å². The van der Waals surface area contributed by atoms with Crippen LogP contribution in [0, 0.1) is 19.5 Å². The first-order valence-electron chi connectivity index (χ1n) is 12.0. The highest BCUT2D eigenvalue weighted by atomic mass is 127. The number of hydrogen-bond acceptors (Lipinski definition) is 9. The first kappa shape index (κ1) is 31.3. The third kappa shape index (κ3) is 8.15. The molecule has 0 saturated carbocycles. The lowest BCUT2D eigenvalue weighted by Gasteiger charge is -2.28. The van der Waals surface area contributed by atoms with Crippen molar-refractivity contribution in [3.05, 3.63) is 59.9 Å². The zero-order valence-electron chi connectivity index (χ0n) is 21.9. The summed E-state index contributed by atoms with van der Waals surface area (Å²) in [6.45, 7) is 3.82. The van der Waals surface area contributed by atoms with Crippen molar-refractivity contribution in [3.8, 4) is 29.6 Å². The molecule has 11 nitrogen and oxygen atoms in total. The van der Waals surface area contributed by atoms with Gasteiger partial charge in [-0.1, -0.05) is 12.0 Å². The van der Waals surface area contributed by atoms with Crippen LogP contribution in [-0.2, 0) is 9.53 Å². The van der Waals surface area contributed by atoms with E-state index in [1.165, 1.54) is 7.11 Å². The van der Waals surface area contributed by atoms with E-state index >= 15 is 0 Å². The molecule has 0 saturated heterocycles. The summed E-state index contributed by atoms with van der Waals surface area (Å²) >= 11 is 4.32. The van der Waals surface area contributed by atoms with Crippen molar-refractivity contribution in [2.45, 2.75) is 26.1 Å². The maximum Gasteiger partial charge on any atom is 0.337 e. The molecule has 1 aliphatic heterocycles. The van der Waals surface area contributed by atoms with E-state index in [0.29, 0.717) is 35.1 Å². The fraction of sp³-hybridized carbons (Fsp3) is 0.296. The molecule has 212 valence electrons. The Labute approximate surface area is 259 Å². The van der Waals surface area contributed by atoms with Gasteiger partial charge in [-0.05, 0) is 94.4 Å². The van der Waals surface area contributed by atoms with Gasteiger partial charge < -0.3 is 34.7 Å². The molecule has 0 radical (unpaired) electrons. The smallest absolute Gasteiger partial charge is 0.337 e. The number of halogens is 2. The molecule has 3 rings (SSSR count). The highest BCUT2D eigenvalue weighted by molar-refractivity contribution is 14.1. The van der Waals surface area contributed by atoms with Crippen LogP contribution in [-0.4, -0.2) is 56.5 Å². The zero-order valence-corrected chi connectivity index (χ0v) is 26.2. The fourth-order valence-corrected chi connectivity index (χ4v) is 5.85. The number of aliphatic hydroxyl groups excluding tert-OH is 1. The van der Waals surface area contributed by atoms with Crippen molar-refractivity contribution in [2.24, 2.45) is 5.10 Å². The van der Waals surface area contributed by atoms with Crippen molar-refractivity contribution in [1.29, 1.82) is 0 Å². The summed E-state index contributed by atoms with van der Waals surface area (Å²) in [5, 5.41) is 19.8. The predicted molar refractivity (Wildman–Crippen MR) is 165 cm³/mol. The van der Waals surface area contributed by atoms with Gasteiger partial charge in [0.05, 0.1) is 38.7 Å². The van der Waals surface area contributed by atoms with Gasteiger partial charge in [-0.2, -0.15) is 5.10 Å². The van der Waals surface area contributed by atoms with Crippen molar-refractivity contribution in [2.75, 3.05) is 26.9 Å². The monoisotopic (exact) mass is 774 g/mol. The highest BCUT2D eigenvalue weighted by Crippen LogP contribution is 2.35. The molecule has 40 heavy (non-hydrogen) atoms. The van der Waals surface area contributed by atoms with Gasteiger partial charge >= 0.3 is 12.0 Å². The standard InChI is InChI=1S/C27H28I2N4O7/c1-5-9-39-25-18(28)10-16(11-19(25)29)13-30-33-22(34)14-40-20-8-7-17(12-21(20)38-6-2)24-23(26(35)37-4)15(3)31-27(36)32-24/h1,7-8,10-13,22,24,33-34H,6,9,14H2,2-4H3,(H2,31,32,36)/b30-13-/t22-,24-/m1/s1. The fourth-order valence-electron chi connectivity index (χ4n) is 3.73. The summed E-state index contributed by atoms with van der Waals surface area (Å²) in [4.78, 5) is 24.5. The molecule has 0 spiro atoms. The molecule has 0 fully saturated rings. The molecular weight excluding hydrogens is 746 g/mol. The number of hydrazone groups is 1. The maximum atomic E-state index is 12.4. The molecule has 13 heteroatoms. The van der Waals surface area contributed by atoms with Crippen molar-refractivity contribution >= 4 is 63.4 Å². The van der Waals surface area contributed by atoms with E-state index in [0.717, 1.165) is 12.7 Å². The van der Waals surface area contributed by atoms with Gasteiger partial charge in [0, 0.05) is 5.70 Å². The van der Waals surface area contributed by atoms with E-state index < -0.39 is 24.3 Å². The number of hydrogen-bond donors (Lipinski definition) is 4. The minimum Gasteiger partial charge on any atom is -0.490 e. The molecule has 2 atom stereocenters. The number of aliphatic hydroxyl groups is 1. The molecule has 2 aromatic rings. The Balaban J connectivity index is 1.68. The normalized spacial score (nSPS) is 15.5. The third-order valence-electron chi connectivity index (χ3n) is 5.43.